The molecule has 0 amide bonds. The molecule has 1 heterocycles. The first kappa shape index (κ1) is 13.8. The lowest BCUT2D eigenvalue weighted by Gasteiger charge is -2.28. The van der Waals surface area contributed by atoms with Crippen LogP contribution < -0.4 is 10.2 Å². The average Bonchev–Trinajstić information content (AvgIpc) is 2.33. The first-order valence-electron chi connectivity index (χ1n) is 6.65. The molecular weight excluding hydrogens is 210 g/mol. The third-order valence-electron chi connectivity index (χ3n) is 2.72. The number of anilines is 2. The summed E-state index contributed by atoms with van der Waals surface area (Å²) in [5.74, 6) is 0.978. The molecule has 1 aromatic heterocycles. The maximum atomic E-state index is 4.34. The Hall–Kier alpha value is -1.25. The van der Waals surface area contributed by atoms with Crippen LogP contribution >= 0.6 is 0 Å². The molecule has 1 N–H and O–H groups in total. The topological polar surface area (TPSA) is 28.2 Å². The van der Waals surface area contributed by atoms with Crippen LogP contribution in [0.5, 0.6) is 0 Å². The van der Waals surface area contributed by atoms with Crippen molar-refractivity contribution in [1.82, 2.24) is 4.98 Å². The minimum absolute atomic E-state index is 0.524. The molecule has 17 heavy (non-hydrogen) atoms. The van der Waals surface area contributed by atoms with Crippen molar-refractivity contribution in [2.45, 2.75) is 46.6 Å². The van der Waals surface area contributed by atoms with E-state index in [1.807, 2.05) is 6.20 Å². The fraction of sp³-hybridized carbons (Fsp3) is 0.643. The lowest BCUT2D eigenvalue weighted by molar-refractivity contribution is 0.671. The second-order valence-electron chi connectivity index (χ2n) is 4.61. The van der Waals surface area contributed by atoms with E-state index in [1.54, 1.807) is 0 Å². The minimum atomic E-state index is 0.524. The second-order valence-corrected chi connectivity index (χ2v) is 4.61. The fourth-order valence-corrected chi connectivity index (χ4v) is 1.87. The predicted octanol–water partition coefficient (Wildman–Crippen LogP) is 3.53. The predicted molar refractivity (Wildman–Crippen MR) is 75.8 cm³/mol. The van der Waals surface area contributed by atoms with Crippen molar-refractivity contribution in [2.24, 2.45) is 0 Å². The van der Waals surface area contributed by atoms with Crippen molar-refractivity contribution >= 4 is 11.5 Å². The van der Waals surface area contributed by atoms with Crippen LogP contribution in [0.15, 0.2) is 18.3 Å². The van der Waals surface area contributed by atoms with E-state index in [9.17, 15) is 0 Å². The lowest BCUT2D eigenvalue weighted by Crippen LogP contribution is -2.31. The van der Waals surface area contributed by atoms with Crippen molar-refractivity contribution in [2.75, 3.05) is 23.3 Å². The molecule has 96 valence electrons. The van der Waals surface area contributed by atoms with Crippen molar-refractivity contribution in [1.29, 1.82) is 0 Å². The Kier molecular flexibility index (Phi) is 5.81. The van der Waals surface area contributed by atoms with Gasteiger partial charge < -0.3 is 10.2 Å². The van der Waals surface area contributed by atoms with Gasteiger partial charge in [0.2, 0.25) is 0 Å². The number of nitrogens with zero attached hydrogens (tertiary/aromatic N) is 2. The fourth-order valence-electron chi connectivity index (χ4n) is 1.87. The zero-order valence-corrected chi connectivity index (χ0v) is 11.5. The quantitative estimate of drug-likeness (QED) is 0.783. The van der Waals surface area contributed by atoms with Gasteiger partial charge in [0.1, 0.15) is 5.82 Å². The van der Waals surface area contributed by atoms with Crippen LogP contribution in [0.1, 0.15) is 40.5 Å². The van der Waals surface area contributed by atoms with E-state index in [-0.39, 0.29) is 0 Å². The van der Waals surface area contributed by atoms with Gasteiger partial charge in [-0.2, -0.15) is 0 Å². The van der Waals surface area contributed by atoms with E-state index < -0.39 is 0 Å². The molecule has 0 aromatic carbocycles. The summed E-state index contributed by atoms with van der Waals surface area (Å²) in [5, 5.41) is 3.33. The standard InChI is InChI=1S/C14H25N3/c1-5-8-15-14-11-13(7-9-16-14)17(10-6-2)12(3)4/h7,9,11-12H,5-6,8,10H2,1-4H3,(H,15,16). The van der Waals surface area contributed by atoms with E-state index in [0.717, 1.165) is 31.7 Å². The van der Waals surface area contributed by atoms with Crippen molar-refractivity contribution in [3.05, 3.63) is 18.3 Å². The molecule has 1 aromatic rings. The van der Waals surface area contributed by atoms with Crippen LogP contribution in [-0.2, 0) is 0 Å². The molecule has 0 radical (unpaired) electrons. The van der Waals surface area contributed by atoms with Gasteiger partial charge in [-0.1, -0.05) is 13.8 Å². The highest BCUT2D eigenvalue weighted by Crippen LogP contribution is 2.19. The number of aromatic nitrogens is 1. The Labute approximate surface area is 105 Å². The van der Waals surface area contributed by atoms with Crippen LogP contribution in [0.25, 0.3) is 0 Å². The van der Waals surface area contributed by atoms with Gasteiger partial charge in [-0.15, -0.1) is 0 Å². The summed E-state index contributed by atoms with van der Waals surface area (Å²) in [6.07, 6.45) is 4.17. The first-order valence-corrected chi connectivity index (χ1v) is 6.65. The maximum absolute atomic E-state index is 4.34. The largest absolute Gasteiger partial charge is 0.370 e. The Morgan fingerprint density at radius 3 is 2.65 bits per heavy atom. The van der Waals surface area contributed by atoms with Gasteiger partial charge >= 0.3 is 0 Å². The number of nitrogens with one attached hydrogen (secondary N) is 1. The van der Waals surface area contributed by atoms with Gasteiger partial charge in [0, 0.05) is 37.1 Å². The normalized spacial score (nSPS) is 10.6. The van der Waals surface area contributed by atoms with Crippen LogP contribution in [0, 0.1) is 0 Å². The molecule has 0 bridgehead atoms. The van der Waals surface area contributed by atoms with E-state index >= 15 is 0 Å². The Bertz CT molecular complexity index is 323. The summed E-state index contributed by atoms with van der Waals surface area (Å²) >= 11 is 0. The zero-order valence-electron chi connectivity index (χ0n) is 11.5. The molecule has 0 spiro atoms. The first-order chi connectivity index (χ1) is 8.19. The number of pyridine rings is 1. The van der Waals surface area contributed by atoms with Gasteiger partial charge in [-0.25, -0.2) is 4.98 Å². The van der Waals surface area contributed by atoms with Gasteiger partial charge in [-0.05, 0) is 32.8 Å². The second kappa shape index (κ2) is 7.15. The summed E-state index contributed by atoms with van der Waals surface area (Å²) in [5.41, 5.74) is 1.26. The van der Waals surface area contributed by atoms with Crippen molar-refractivity contribution in [3.8, 4) is 0 Å². The van der Waals surface area contributed by atoms with Crippen LogP contribution in [-0.4, -0.2) is 24.1 Å². The highest BCUT2D eigenvalue weighted by atomic mass is 15.2. The average molecular weight is 235 g/mol. The molecule has 3 heteroatoms. The molecular formula is C14H25N3. The minimum Gasteiger partial charge on any atom is -0.370 e. The van der Waals surface area contributed by atoms with Crippen molar-refractivity contribution in [3.63, 3.8) is 0 Å². The molecule has 0 fully saturated rings. The Morgan fingerprint density at radius 1 is 1.29 bits per heavy atom. The molecule has 0 saturated heterocycles. The van der Waals surface area contributed by atoms with Gasteiger partial charge in [-0.3, -0.25) is 0 Å². The molecule has 0 atom stereocenters. The maximum Gasteiger partial charge on any atom is 0.127 e. The summed E-state index contributed by atoms with van der Waals surface area (Å²) < 4.78 is 0. The molecule has 0 saturated carbocycles. The van der Waals surface area contributed by atoms with Gasteiger partial charge in [0.15, 0.2) is 0 Å². The summed E-state index contributed by atoms with van der Waals surface area (Å²) in [6.45, 7) is 10.9. The van der Waals surface area contributed by atoms with E-state index in [4.69, 9.17) is 0 Å². The van der Waals surface area contributed by atoms with E-state index in [2.05, 4.69) is 55.0 Å². The molecule has 3 nitrogen and oxygen atoms in total. The van der Waals surface area contributed by atoms with Gasteiger partial charge in [0.25, 0.3) is 0 Å². The molecule has 0 unspecified atom stereocenters. The third kappa shape index (κ3) is 4.25. The number of hydrogen-bond acceptors (Lipinski definition) is 3. The van der Waals surface area contributed by atoms with E-state index in [1.165, 1.54) is 5.69 Å². The Balaban J connectivity index is 2.80. The molecule has 1 rings (SSSR count). The highest BCUT2D eigenvalue weighted by Gasteiger charge is 2.09. The highest BCUT2D eigenvalue weighted by molar-refractivity contribution is 5.54. The monoisotopic (exact) mass is 235 g/mol. The summed E-state index contributed by atoms with van der Waals surface area (Å²) in [4.78, 5) is 6.76. The molecule has 0 aliphatic heterocycles. The van der Waals surface area contributed by atoms with E-state index in [0.29, 0.717) is 6.04 Å². The third-order valence-corrected chi connectivity index (χ3v) is 2.72. The Morgan fingerprint density at radius 2 is 2.06 bits per heavy atom. The summed E-state index contributed by atoms with van der Waals surface area (Å²) in [6, 6.07) is 4.76. The smallest absolute Gasteiger partial charge is 0.127 e. The van der Waals surface area contributed by atoms with Crippen LogP contribution in [0.3, 0.4) is 0 Å². The lowest BCUT2D eigenvalue weighted by atomic mass is 10.2. The van der Waals surface area contributed by atoms with Crippen molar-refractivity contribution < 1.29 is 0 Å². The SMILES string of the molecule is CCCNc1cc(N(CCC)C(C)C)ccn1. The zero-order chi connectivity index (χ0) is 12.7. The molecule has 0 aliphatic rings. The number of hydrogen-bond donors (Lipinski definition) is 1. The van der Waals surface area contributed by atoms with Crippen LogP contribution in [0.2, 0.25) is 0 Å². The number of rotatable bonds is 7. The molecule has 0 aliphatic carbocycles. The van der Waals surface area contributed by atoms with Crippen LogP contribution in [0.4, 0.5) is 11.5 Å². The summed E-state index contributed by atoms with van der Waals surface area (Å²) in [7, 11) is 0. The van der Waals surface area contributed by atoms with Gasteiger partial charge in [0.05, 0.1) is 0 Å².